The number of nitrogens with zero attached hydrogens (tertiary/aromatic N) is 1. The first kappa shape index (κ1) is 17.7. The molecule has 22 heavy (non-hydrogen) atoms. The van der Waals surface area contributed by atoms with Crippen molar-refractivity contribution in [3.8, 4) is 0 Å². The van der Waals surface area contributed by atoms with Crippen molar-refractivity contribution in [2.24, 2.45) is 11.7 Å². The monoisotopic (exact) mass is 310 g/mol. The highest BCUT2D eigenvalue weighted by Gasteiger charge is 2.28. The highest BCUT2D eigenvalue weighted by molar-refractivity contribution is 5.99. The fourth-order valence-corrected chi connectivity index (χ4v) is 2.06. The quantitative estimate of drug-likeness (QED) is 0.342. The van der Waals surface area contributed by atoms with E-state index in [0.29, 0.717) is 5.56 Å². The summed E-state index contributed by atoms with van der Waals surface area (Å²) in [7, 11) is 0. The van der Waals surface area contributed by atoms with Crippen LogP contribution in [0.4, 0.5) is 5.69 Å². The number of carbonyl (C=O) groups excluding carboxylic acids is 1. The van der Waals surface area contributed by atoms with Crippen LogP contribution in [0.15, 0.2) is 24.3 Å². The number of nitro benzene ring substituents is 1. The third-order valence-corrected chi connectivity index (χ3v) is 3.19. The van der Waals surface area contributed by atoms with Crippen LogP contribution in [-0.2, 0) is 16.0 Å². The molecule has 0 spiro atoms. The topological polar surface area (TPSA) is 144 Å². The first-order chi connectivity index (χ1) is 10.3. The van der Waals surface area contributed by atoms with Gasteiger partial charge in [-0.25, -0.2) is 0 Å². The molecule has 4 N–H and O–H groups in total. The van der Waals surface area contributed by atoms with Gasteiger partial charge in [0.1, 0.15) is 5.92 Å². The second-order valence-electron chi connectivity index (χ2n) is 4.93. The van der Waals surface area contributed by atoms with Gasteiger partial charge in [-0.1, -0.05) is 12.1 Å². The van der Waals surface area contributed by atoms with E-state index in [-0.39, 0.29) is 31.5 Å². The molecular weight excluding hydrogens is 292 g/mol. The van der Waals surface area contributed by atoms with Crippen LogP contribution in [0, 0.1) is 16.0 Å². The number of hydrogen-bond donors (Lipinski definition) is 3. The van der Waals surface area contributed by atoms with Crippen molar-refractivity contribution >= 4 is 17.4 Å². The Labute approximate surface area is 126 Å². The Morgan fingerprint density at radius 1 is 1.36 bits per heavy atom. The van der Waals surface area contributed by atoms with Gasteiger partial charge in [0.2, 0.25) is 0 Å². The fourth-order valence-electron chi connectivity index (χ4n) is 2.06. The largest absolute Gasteiger partial charge is 0.481 e. The number of carbonyl (C=O) groups is 2. The van der Waals surface area contributed by atoms with Gasteiger partial charge in [-0.3, -0.25) is 19.7 Å². The maximum Gasteiger partial charge on any atom is 0.314 e. The van der Waals surface area contributed by atoms with Crippen LogP contribution in [0.5, 0.6) is 0 Å². The number of Topliss-reactive ketones (excluding diaryl/α,β-unsaturated/α-hetero) is 1. The SMILES string of the molecule is NCCC(O)CC(C(=O)O)C(=O)Cc1cccc([N+](=O)[O-])c1. The molecule has 8 nitrogen and oxygen atoms in total. The van der Waals surface area contributed by atoms with E-state index in [1.165, 1.54) is 24.3 Å². The number of benzene rings is 1. The lowest BCUT2D eigenvalue weighted by Crippen LogP contribution is -2.30. The number of hydrogen-bond acceptors (Lipinski definition) is 6. The molecule has 0 aliphatic carbocycles. The molecule has 0 aliphatic rings. The van der Waals surface area contributed by atoms with E-state index in [9.17, 15) is 24.8 Å². The van der Waals surface area contributed by atoms with E-state index < -0.39 is 28.7 Å². The number of carboxylic acids is 1. The van der Waals surface area contributed by atoms with Crippen molar-refractivity contribution in [2.45, 2.75) is 25.4 Å². The molecule has 0 saturated carbocycles. The molecule has 0 aliphatic heterocycles. The maximum absolute atomic E-state index is 12.1. The van der Waals surface area contributed by atoms with Gasteiger partial charge in [-0.2, -0.15) is 0 Å². The van der Waals surface area contributed by atoms with Crippen LogP contribution in [0.3, 0.4) is 0 Å². The molecule has 0 bridgehead atoms. The first-order valence-corrected chi connectivity index (χ1v) is 6.72. The summed E-state index contributed by atoms with van der Waals surface area (Å²) in [6.07, 6.45) is -1.23. The molecule has 2 unspecified atom stereocenters. The lowest BCUT2D eigenvalue weighted by molar-refractivity contribution is -0.384. The van der Waals surface area contributed by atoms with Crippen LogP contribution in [-0.4, -0.2) is 39.5 Å². The number of aliphatic hydroxyl groups excluding tert-OH is 1. The number of carboxylic acid groups (broad SMARTS) is 1. The predicted molar refractivity (Wildman–Crippen MR) is 77.2 cm³/mol. The average molecular weight is 310 g/mol. The van der Waals surface area contributed by atoms with Crippen LogP contribution in [0.1, 0.15) is 18.4 Å². The molecule has 0 aromatic heterocycles. The molecule has 1 aromatic rings. The van der Waals surface area contributed by atoms with Gasteiger partial charge in [-0.05, 0) is 24.9 Å². The van der Waals surface area contributed by atoms with Crippen molar-refractivity contribution in [3.63, 3.8) is 0 Å². The van der Waals surface area contributed by atoms with E-state index in [1.54, 1.807) is 0 Å². The molecule has 1 rings (SSSR count). The highest BCUT2D eigenvalue weighted by atomic mass is 16.6. The van der Waals surface area contributed by atoms with Crippen LogP contribution in [0.2, 0.25) is 0 Å². The third-order valence-electron chi connectivity index (χ3n) is 3.19. The van der Waals surface area contributed by atoms with Crippen LogP contribution < -0.4 is 5.73 Å². The molecule has 8 heteroatoms. The summed E-state index contributed by atoms with van der Waals surface area (Å²) in [5, 5.41) is 29.4. The van der Waals surface area contributed by atoms with Gasteiger partial charge in [0.05, 0.1) is 11.0 Å². The second-order valence-corrected chi connectivity index (χ2v) is 4.93. The molecule has 0 amide bonds. The Morgan fingerprint density at radius 3 is 2.59 bits per heavy atom. The minimum absolute atomic E-state index is 0.166. The normalized spacial score (nSPS) is 13.4. The zero-order valence-corrected chi connectivity index (χ0v) is 11.8. The molecule has 0 radical (unpaired) electrons. The number of nitro groups is 1. The van der Waals surface area contributed by atoms with Crippen molar-refractivity contribution < 1.29 is 24.7 Å². The summed E-state index contributed by atoms with van der Waals surface area (Å²) < 4.78 is 0. The lowest BCUT2D eigenvalue weighted by atomic mass is 9.91. The summed E-state index contributed by atoms with van der Waals surface area (Å²) in [5.74, 6) is -3.30. The summed E-state index contributed by atoms with van der Waals surface area (Å²) in [6, 6.07) is 5.46. The molecule has 0 heterocycles. The standard InChI is InChI=1S/C14H18N2O6/c15-5-4-11(17)8-12(14(19)20)13(18)7-9-2-1-3-10(6-9)16(21)22/h1-3,6,11-12,17H,4-5,7-8,15H2,(H,19,20). The lowest BCUT2D eigenvalue weighted by Gasteiger charge is -2.15. The Bertz CT molecular complexity index is 560. The van der Waals surface area contributed by atoms with E-state index in [0.717, 1.165) is 0 Å². The number of aliphatic carboxylic acids is 1. The third kappa shape index (κ3) is 5.23. The summed E-state index contributed by atoms with van der Waals surface area (Å²) in [6.45, 7) is 0.187. The summed E-state index contributed by atoms with van der Waals surface area (Å²) in [4.78, 5) is 33.3. The number of nitrogens with two attached hydrogens (primary N) is 1. The average Bonchev–Trinajstić information content (AvgIpc) is 2.44. The van der Waals surface area contributed by atoms with Crippen molar-refractivity contribution in [3.05, 3.63) is 39.9 Å². The minimum atomic E-state index is -1.36. The molecule has 120 valence electrons. The van der Waals surface area contributed by atoms with E-state index in [2.05, 4.69) is 0 Å². The van der Waals surface area contributed by atoms with Gasteiger partial charge >= 0.3 is 5.97 Å². The minimum Gasteiger partial charge on any atom is -0.481 e. The summed E-state index contributed by atoms with van der Waals surface area (Å²) in [5.41, 5.74) is 5.46. The van der Waals surface area contributed by atoms with Crippen molar-refractivity contribution in [1.82, 2.24) is 0 Å². The zero-order valence-electron chi connectivity index (χ0n) is 11.8. The van der Waals surface area contributed by atoms with Gasteiger partial charge < -0.3 is 15.9 Å². The van der Waals surface area contributed by atoms with Gasteiger partial charge in [0.15, 0.2) is 5.78 Å². The van der Waals surface area contributed by atoms with Crippen LogP contribution >= 0.6 is 0 Å². The van der Waals surface area contributed by atoms with E-state index in [4.69, 9.17) is 10.8 Å². The first-order valence-electron chi connectivity index (χ1n) is 6.72. The Morgan fingerprint density at radius 2 is 2.05 bits per heavy atom. The fraction of sp³-hybridized carbons (Fsp3) is 0.429. The van der Waals surface area contributed by atoms with E-state index in [1.807, 2.05) is 0 Å². The van der Waals surface area contributed by atoms with Crippen LogP contribution in [0.25, 0.3) is 0 Å². The summed E-state index contributed by atoms with van der Waals surface area (Å²) >= 11 is 0. The van der Waals surface area contributed by atoms with E-state index >= 15 is 0 Å². The molecular formula is C14H18N2O6. The Hall–Kier alpha value is -2.32. The van der Waals surface area contributed by atoms with Crippen molar-refractivity contribution in [1.29, 1.82) is 0 Å². The van der Waals surface area contributed by atoms with Crippen molar-refractivity contribution in [2.75, 3.05) is 6.54 Å². The Balaban J connectivity index is 2.81. The highest BCUT2D eigenvalue weighted by Crippen LogP contribution is 2.17. The molecule has 0 fully saturated rings. The number of aliphatic hydroxyl groups is 1. The Kier molecular flexibility index (Phi) is 6.61. The molecule has 1 aromatic carbocycles. The predicted octanol–water partition coefficient (Wildman–Crippen LogP) is 0.507. The van der Waals surface area contributed by atoms with Gasteiger partial charge in [0.25, 0.3) is 5.69 Å². The zero-order chi connectivity index (χ0) is 16.7. The molecule has 2 atom stereocenters. The molecule has 0 saturated heterocycles. The smallest absolute Gasteiger partial charge is 0.314 e. The maximum atomic E-state index is 12.1. The number of non-ortho nitro benzene ring substituents is 1. The number of rotatable bonds is 9. The van der Waals surface area contributed by atoms with Gasteiger partial charge in [-0.15, -0.1) is 0 Å². The van der Waals surface area contributed by atoms with Gasteiger partial charge in [0, 0.05) is 18.6 Å². The number of ketones is 1. The second kappa shape index (κ2) is 8.20.